The molecule has 0 spiro atoms. The van der Waals surface area contributed by atoms with Crippen LogP contribution in [0.3, 0.4) is 0 Å². The third-order valence-electron chi connectivity index (χ3n) is 4.08. The van der Waals surface area contributed by atoms with Gasteiger partial charge in [0.25, 0.3) is 0 Å². The lowest BCUT2D eigenvalue weighted by Crippen LogP contribution is -1.91. The monoisotopic (exact) mass is 334 g/mol. The zero-order valence-corrected chi connectivity index (χ0v) is 13.3. The molecule has 0 unspecified atom stereocenters. The van der Waals surface area contributed by atoms with E-state index < -0.39 is 0 Å². The Morgan fingerprint density at radius 3 is 0.840 bits per heavy atom. The second-order valence-corrected chi connectivity index (χ2v) is 6.14. The van der Waals surface area contributed by atoms with E-state index in [9.17, 15) is 0 Å². The molecule has 0 aliphatic rings. The van der Waals surface area contributed by atoms with Crippen molar-refractivity contribution in [1.29, 1.82) is 0 Å². The maximum Gasteiger partial charge on any atom is -0.00258 e. The third kappa shape index (κ3) is 6.58. The second-order valence-electron chi connectivity index (χ2n) is 6.14. The molecule has 134 valence electrons. The average Bonchev–Trinajstić information content (AvgIpc) is 2.54. The van der Waals surface area contributed by atoms with Crippen LogP contribution in [0.4, 0.5) is 0 Å². The largest absolute Gasteiger partial charge is 0.0776 e. The summed E-state index contributed by atoms with van der Waals surface area (Å²) in [5, 5.41) is 0. The second kappa shape index (κ2) is 10.5. The van der Waals surface area contributed by atoms with Crippen LogP contribution in [0.5, 0.6) is 0 Å². The van der Waals surface area contributed by atoms with Crippen molar-refractivity contribution in [1.82, 2.24) is 0 Å². The van der Waals surface area contributed by atoms with Crippen LogP contribution in [0.1, 0.15) is 55.7 Å². The van der Waals surface area contributed by atoms with Crippen LogP contribution in [0.25, 0.3) is 0 Å². The molecule has 3 aromatic rings. The highest BCUT2D eigenvalue weighted by molar-refractivity contribution is 5.33. The van der Waals surface area contributed by atoms with Crippen LogP contribution in [-0.4, -0.2) is 0 Å². The lowest BCUT2D eigenvalue weighted by molar-refractivity contribution is 1.15. The lowest BCUT2D eigenvalue weighted by Gasteiger charge is -2.06. The summed E-state index contributed by atoms with van der Waals surface area (Å²) in [7, 11) is 0. The molecule has 0 saturated heterocycles. The quantitative estimate of drug-likeness (QED) is 0.466. The topological polar surface area (TPSA) is 0 Å². The predicted octanol–water partition coefficient (Wildman–Crippen LogP) is 7.39. The van der Waals surface area contributed by atoms with E-state index in [0.29, 0.717) is 0 Å². The number of rotatable bonds is 4. The molecule has 0 saturated carbocycles. The van der Waals surface area contributed by atoms with E-state index in [1.807, 2.05) is 0 Å². The fourth-order valence-corrected chi connectivity index (χ4v) is 2.66. The number of aryl methyl sites for hydroxylation is 2. The van der Waals surface area contributed by atoms with Gasteiger partial charge >= 0.3 is 0 Å². The summed E-state index contributed by atoms with van der Waals surface area (Å²) in [5.74, 6) is 0. The molecule has 0 heteroatoms. The Hall–Kier alpha value is -2.34. The molecule has 0 aromatic heterocycles. The normalized spacial score (nSPS) is 9.36. The Morgan fingerprint density at radius 2 is 0.600 bits per heavy atom. The first-order valence-corrected chi connectivity index (χ1v) is 7.88. The van der Waals surface area contributed by atoms with Gasteiger partial charge in [0.1, 0.15) is 0 Å². The maximum absolute atomic E-state index is 2.25. The molecule has 3 rings (SSSR count). The van der Waals surface area contributed by atoms with Gasteiger partial charge in [-0.2, -0.15) is 0 Å². The summed E-state index contributed by atoms with van der Waals surface area (Å²) in [6, 6.07) is 26.6. The molecule has 25 heavy (non-hydrogen) atoms. The highest BCUT2D eigenvalue weighted by Crippen LogP contribution is 2.15. The standard InChI is InChI=1S/C22H22.3CH4/c1-17-3-7-19(8-4-17)15-21-11-13-22(14-12-21)16-20-9-5-18(2)6-10-20;;;/h3-14H,15-16H2,1-2H3;3*1H4. The van der Waals surface area contributed by atoms with Gasteiger partial charge in [-0.05, 0) is 48.9 Å². The van der Waals surface area contributed by atoms with Crippen molar-refractivity contribution in [2.24, 2.45) is 0 Å². The van der Waals surface area contributed by atoms with Gasteiger partial charge in [0, 0.05) is 0 Å². The number of hydrogen-bond donors (Lipinski definition) is 0. The van der Waals surface area contributed by atoms with Crippen LogP contribution >= 0.6 is 0 Å². The highest BCUT2D eigenvalue weighted by Gasteiger charge is 1.99. The van der Waals surface area contributed by atoms with Gasteiger partial charge in [-0.15, -0.1) is 0 Å². The van der Waals surface area contributed by atoms with Gasteiger partial charge in [0.05, 0.1) is 0 Å². The molecular weight excluding hydrogens is 300 g/mol. The molecule has 0 amide bonds. The van der Waals surface area contributed by atoms with Crippen LogP contribution in [-0.2, 0) is 12.8 Å². The first kappa shape index (κ1) is 22.7. The minimum atomic E-state index is 0. The van der Waals surface area contributed by atoms with Crippen molar-refractivity contribution in [3.05, 3.63) is 106 Å². The summed E-state index contributed by atoms with van der Waals surface area (Å²) in [4.78, 5) is 0. The van der Waals surface area contributed by atoms with Crippen LogP contribution < -0.4 is 0 Å². The number of benzene rings is 3. The van der Waals surface area contributed by atoms with Crippen molar-refractivity contribution in [3.8, 4) is 0 Å². The van der Waals surface area contributed by atoms with Gasteiger partial charge in [-0.1, -0.05) is 106 Å². The smallest absolute Gasteiger partial charge is 0.00258 e. The van der Waals surface area contributed by atoms with E-state index in [4.69, 9.17) is 0 Å². The summed E-state index contributed by atoms with van der Waals surface area (Å²) < 4.78 is 0. The van der Waals surface area contributed by atoms with Gasteiger partial charge < -0.3 is 0 Å². The average molecular weight is 335 g/mol. The van der Waals surface area contributed by atoms with Gasteiger partial charge in [0.2, 0.25) is 0 Å². The van der Waals surface area contributed by atoms with Crippen molar-refractivity contribution in [2.75, 3.05) is 0 Å². The Kier molecular flexibility index (Phi) is 9.53. The molecular formula is C25H34. The highest BCUT2D eigenvalue weighted by atomic mass is 14.0. The van der Waals surface area contributed by atoms with Crippen LogP contribution in [0.15, 0.2) is 72.8 Å². The maximum atomic E-state index is 2.25. The summed E-state index contributed by atoms with van der Waals surface area (Å²) in [6.45, 7) is 4.26. The zero-order chi connectivity index (χ0) is 15.4. The molecule has 0 atom stereocenters. The van der Waals surface area contributed by atoms with Crippen LogP contribution in [0.2, 0.25) is 0 Å². The predicted molar refractivity (Wildman–Crippen MR) is 115 cm³/mol. The minimum absolute atomic E-state index is 0. The van der Waals surface area contributed by atoms with E-state index in [1.54, 1.807) is 0 Å². The SMILES string of the molecule is C.C.C.Cc1ccc(Cc2ccc(Cc3ccc(C)cc3)cc2)cc1. The zero-order valence-electron chi connectivity index (χ0n) is 13.3. The Morgan fingerprint density at radius 1 is 0.400 bits per heavy atom. The Labute approximate surface area is 155 Å². The first-order valence-electron chi connectivity index (χ1n) is 7.88. The fraction of sp³-hybridized carbons (Fsp3) is 0.280. The fourth-order valence-electron chi connectivity index (χ4n) is 2.66. The lowest BCUT2D eigenvalue weighted by atomic mass is 9.99. The van der Waals surface area contributed by atoms with E-state index in [1.165, 1.54) is 33.4 Å². The molecule has 0 nitrogen and oxygen atoms in total. The molecule has 0 heterocycles. The summed E-state index contributed by atoms with van der Waals surface area (Å²) in [6.07, 6.45) is 2.01. The van der Waals surface area contributed by atoms with Crippen molar-refractivity contribution >= 4 is 0 Å². The summed E-state index contributed by atoms with van der Waals surface area (Å²) in [5.41, 5.74) is 8.12. The summed E-state index contributed by atoms with van der Waals surface area (Å²) >= 11 is 0. The van der Waals surface area contributed by atoms with Gasteiger partial charge in [0.15, 0.2) is 0 Å². The molecule has 0 aliphatic heterocycles. The van der Waals surface area contributed by atoms with Gasteiger partial charge in [-0.3, -0.25) is 0 Å². The van der Waals surface area contributed by atoms with E-state index in [0.717, 1.165) is 12.8 Å². The first-order chi connectivity index (χ1) is 10.7. The Balaban J connectivity index is 0.00000192. The van der Waals surface area contributed by atoms with E-state index in [2.05, 4.69) is 86.6 Å². The van der Waals surface area contributed by atoms with Crippen molar-refractivity contribution in [2.45, 2.75) is 49.0 Å². The van der Waals surface area contributed by atoms with E-state index >= 15 is 0 Å². The van der Waals surface area contributed by atoms with Gasteiger partial charge in [-0.25, -0.2) is 0 Å². The van der Waals surface area contributed by atoms with E-state index in [-0.39, 0.29) is 22.3 Å². The molecule has 0 bridgehead atoms. The Bertz CT molecular complexity index is 650. The third-order valence-corrected chi connectivity index (χ3v) is 4.08. The molecule has 3 aromatic carbocycles. The van der Waals surface area contributed by atoms with Crippen LogP contribution in [0, 0.1) is 13.8 Å². The molecule has 0 fully saturated rings. The molecule has 0 aliphatic carbocycles. The number of hydrogen-bond acceptors (Lipinski definition) is 0. The molecule has 0 N–H and O–H groups in total. The minimum Gasteiger partial charge on any atom is -0.0776 e. The van der Waals surface area contributed by atoms with Crippen molar-refractivity contribution in [3.63, 3.8) is 0 Å². The molecule has 0 radical (unpaired) electrons. The van der Waals surface area contributed by atoms with Crippen molar-refractivity contribution < 1.29 is 0 Å².